The van der Waals surface area contributed by atoms with Crippen molar-refractivity contribution in [1.29, 1.82) is 0 Å². The van der Waals surface area contributed by atoms with Gasteiger partial charge in [-0.25, -0.2) is 4.79 Å². The summed E-state index contributed by atoms with van der Waals surface area (Å²) in [5, 5.41) is 19.0. The molecule has 0 spiro atoms. The van der Waals surface area contributed by atoms with Crippen LogP contribution in [0.1, 0.15) is 6.92 Å². The van der Waals surface area contributed by atoms with Crippen LogP contribution in [0.25, 0.3) is 0 Å². The van der Waals surface area contributed by atoms with Crippen molar-refractivity contribution in [3.63, 3.8) is 0 Å². The average Bonchev–Trinajstić information content (AvgIpc) is 1.97. The molecule has 5 heteroatoms. The summed E-state index contributed by atoms with van der Waals surface area (Å²) in [7, 11) is 0. The second kappa shape index (κ2) is 4.95. The second-order valence-corrected chi connectivity index (χ2v) is 1.92. The Morgan fingerprint density at radius 1 is 1.33 bits per heavy atom. The number of hydrogen-bond acceptors (Lipinski definition) is 3. The molecule has 0 aliphatic carbocycles. The van der Waals surface area contributed by atoms with Gasteiger partial charge in [0, 0.05) is 13.1 Å². The Hall–Kier alpha value is -1.78. The molecule has 66 valence electrons. The Morgan fingerprint density at radius 2 is 1.92 bits per heavy atom. The largest absolute Gasteiger partial charge is 0.502 e. The summed E-state index contributed by atoms with van der Waals surface area (Å²) in [4.78, 5) is 20.2. The summed E-state index contributed by atoms with van der Waals surface area (Å²) < 4.78 is 0. The Morgan fingerprint density at radius 3 is 2.33 bits per heavy atom. The number of nitrogens with one attached hydrogen (secondary N) is 1. The fourth-order valence-corrected chi connectivity index (χ4v) is 0.376. The third-order valence-electron chi connectivity index (χ3n) is 0.856. The zero-order valence-corrected chi connectivity index (χ0v) is 6.44. The minimum Gasteiger partial charge on any atom is -0.502 e. The molecule has 5 nitrogen and oxygen atoms in total. The molecule has 0 rings (SSSR count). The predicted molar refractivity (Wildman–Crippen MR) is 41.3 cm³/mol. The first kappa shape index (κ1) is 10.2. The van der Waals surface area contributed by atoms with Gasteiger partial charge in [-0.2, -0.15) is 0 Å². The molecule has 0 bridgehead atoms. The zero-order valence-electron chi connectivity index (χ0n) is 6.44. The van der Waals surface area contributed by atoms with E-state index in [0.717, 1.165) is 6.08 Å². The van der Waals surface area contributed by atoms with Gasteiger partial charge >= 0.3 is 5.97 Å². The van der Waals surface area contributed by atoms with E-state index in [2.05, 4.69) is 5.32 Å². The third kappa shape index (κ3) is 5.04. The first-order valence-electron chi connectivity index (χ1n) is 3.10. The van der Waals surface area contributed by atoms with E-state index < -0.39 is 11.7 Å². The van der Waals surface area contributed by atoms with Crippen molar-refractivity contribution in [1.82, 2.24) is 5.32 Å². The van der Waals surface area contributed by atoms with E-state index in [4.69, 9.17) is 10.2 Å². The van der Waals surface area contributed by atoms with Crippen molar-refractivity contribution >= 4 is 11.9 Å². The van der Waals surface area contributed by atoms with E-state index in [1.54, 1.807) is 0 Å². The quantitative estimate of drug-likeness (QED) is 0.321. The Balaban J connectivity index is 3.95. The molecule has 0 aromatic carbocycles. The maximum absolute atomic E-state index is 10.3. The minimum absolute atomic E-state index is 0.269. The number of carbonyl (C=O) groups is 2. The van der Waals surface area contributed by atoms with Crippen LogP contribution in [0.5, 0.6) is 0 Å². The summed E-state index contributed by atoms with van der Waals surface area (Å²) >= 11 is 0. The van der Waals surface area contributed by atoms with Crippen LogP contribution in [0, 0.1) is 0 Å². The average molecular weight is 171 g/mol. The lowest BCUT2D eigenvalue weighted by Crippen LogP contribution is -2.11. The lowest BCUT2D eigenvalue weighted by Gasteiger charge is -1.89. The highest BCUT2D eigenvalue weighted by Crippen LogP contribution is 1.87. The van der Waals surface area contributed by atoms with Crippen molar-refractivity contribution in [2.45, 2.75) is 6.92 Å². The number of carboxylic acids is 1. The van der Waals surface area contributed by atoms with Gasteiger partial charge in [-0.1, -0.05) is 0 Å². The van der Waals surface area contributed by atoms with E-state index in [0.29, 0.717) is 0 Å². The SMILES string of the molecule is CC(=O)N/C=C\C=C(/O)C(=O)O. The second-order valence-electron chi connectivity index (χ2n) is 1.92. The number of carbonyl (C=O) groups excluding carboxylic acids is 1. The number of rotatable bonds is 3. The number of aliphatic carboxylic acids is 1. The van der Waals surface area contributed by atoms with Crippen LogP contribution in [0.3, 0.4) is 0 Å². The van der Waals surface area contributed by atoms with Crippen LogP contribution in [0.4, 0.5) is 0 Å². The molecule has 0 heterocycles. The lowest BCUT2D eigenvalue weighted by atomic mass is 10.4. The van der Waals surface area contributed by atoms with Crippen molar-refractivity contribution < 1.29 is 19.8 Å². The molecule has 0 unspecified atom stereocenters. The molecule has 0 atom stereocenters. The number of amides is 1. The Labute approximate surface area is 69.0 Å². The molecular weight excluding hydrogens is 162 g/mol. The molecular formula is C7H9NO4. The number of carboxylic acid groups (broad SMARTS) is 1. The predicted octanol–water partition coefficient (Wildman–Crippen LogP) is 0.163. The summed E-state index contributed by atoms with van der Waals surface area (Å²) in [6, 6.07) is 0. The van der Waals surface area contributed by atoms with Gasteiger partial charge in [0.2, 0.25) is 11.7 Å². The van der Waals surface area contributed by atoms with Crippen LogP contribution >= 0.6 is 0 Å². The van der Waals surface area contributed by atoms with Gasteiger partial charge < -0.3 is 15.5 Å². The van der Waals surface area contributed by atoms with Crippen molar-refractivity contribution in [3.8, 4) is 0 Å². The maximum Gasteiger partial charge on any atom is 0.370 e. The van der Waals surface area contributed by atoms with Crippen molar-refractivity contribution in [2.75, 3.05) is 0 Å². The highest BCUT2D eigenvalue weighted by Gasteiger charge is 1.99. The van der Waals surface area contributed by atoms with Gasteiger partial charge in [0.1, 0.15) is 0 Å². The Bertz CT molecular complexity index is 242. The molecule has 1 amide bonds. The lowest BCUT2D eigenvalue weighted by molar-refractivity contribution is -0.135. The molecule has 0 saturated heterocycles. The van der Waals surface area contributed by atoms with Crippen molar-refractivity contribution in [2.24, 2.45) is 0 Å². The molecule has 0 fully saturated rings. The number of hydrogen-bond donors (Lipinski definition) is 3. The number of aliphatic hydroxyl groups is 1. The first-order chi connectivity index (χ1) is 5.54. The summed E-state index contributed by atoms with van der Waals surface area (Å²) in [5.74, 6) is -2.46. The van der Waals surface area contributed by atoms with Gasteiger partial charge in [0.25, 0.3) is 0 Å². The van der Waals surface area contributed by atoms with Gasteiger partial charge in [0.15, 0.2) is 0 Å². The van der Waals surface area contributed by atoms with Crippen molar-refractivity contribution in [3.05, 3.63) is 24.1 Å². The minimum atomic E-state index is -1.41. The zero-order chi connectivity index (χ0) is 9.56. The molecule has 0 aliphatic heterocycles. The fourth-order valence-electron chi connectivity index (χ4n) is 0.376. The van der Waals surface area contributed by atoms with E-state index in [-0.39, 0.29) is 5.91 Å². The third-order valence-corrected chi connectivity index (χ3v) is 0.856. The highest BCUT2D eigenvalue weighted by atomic mass is 16.4. The maximum atomic E-state index is 10.3. The topological polar surface area (TPSA) is 86.6 Å². The van der Waals surface area contributed by atoms with Crippen LogP contribution < -0.4 is 5.32 Å². The smallest absolute Gasteiger partial charge is 0.370 e. The molecule has 0 aromatic rings. The Kier molecular flexibility index (Phi) is 4.21. The van der Waals surface area contributed by atoms with Gasteiger partial charge in [-0.05, 0) is 12.2 Å². The molecule has 0 saturated carbocycles. The molecule has 0 aromatic heterocycles. The van der Waals surface area contributed by atoms with Gasteiger partial charge in [0.05, 0.1) is 0 Å². The van der Waals surface area contributed by atoms with Gasteiger partial charge in [-0.3, -0.25) is 4.79 Å². The molecule has 0 aliphatic rings. The fraction of sp³-hybridized carbons (Fsp3) is 0.143. The molecule has 12 heavy (non-hydrogen) atoms. The van der Waals surface area contributed by atoms with E-state index in [9.17, 15) is 9.59 Å². The van der Waals surface area contributed by atoms with Crippen LogP contribution in [0.15, 0.2) is 24.1 Å². The van der Waals surface area contributed by atoms with Crippen LogP contribution in [0.2, 0.25) is 0 Å². The summed E-state index contributed by atoms with van der Waals surface area (Å²) in [6.07, 6.45) is 3.39. The molecule has 0 radical (unpaired) electrons. The van der Waals surface area contributed by atoms with E-state index in [1.807, 2.05) is 0 Å². The number of aliphatic hydroxyl groups excluding tert-OH is 1. The normalized spacial score (nSPS) is 11.6. The van der Waals surface area contributed by atoms with Gasteiger partial charge in [-0.15, -0.1) is 0 Å². The standard InChI is InChI=1S/C7H9NO4/c1-5(9)8-4-2-3-6(10)7(11)12/h2-4,10H,1H3,(H,8,9)(H,11,12)/b4-2-,6-3-. The highest BCUT2D eigenvalue weighted by molar-refractivity contribution is 5.84. The molecule has 3 N–H and O–H groups in total. The number of allylic oxidation sites excluding steroid dienone is 2. The van der Waals surface area contributed by atoms with E-state index >= 15 is 0 Å². The monoisotopic (exact) mass is 171 g/mol. The van der Waals surface area contributed by atoms with Crippen LogP contribution in [-0.2, 0) is 9.59 Å². The first-order valence-corrected chi connectivity index (χ1v) is 3.10. The van der Waals surface area contributed by atoms with Crippen LogP contribution in [-0.4, -0.2) is 22.1 Å². The van der Waals surface area contributed by atoms with E-state index in [1.165, 1.54) is 19.2 Å². The summed E-state index contributed by atoms with van der Waals surface area (Å²) in [6.45, 7) is 1.31. The summed E-state index contributed by atoms with van der Waals surface area (Å²) in [5.41, 5.74) is 0.